The van der Waals surface area contributed by atoms with Gasteiger partial charge in [0.25, 0.3) is 0 Å². The molecule has 6 aromatic rings. The number of hydrogen-bond donors (Lipinski definition) is 0. The minimum atomic E-state index is -10.7. The number of nitrogens with zero attached hydrogens (tertiary/aromatic N) is 2. The van der Waals surface area contributed by atoms with Gasteiger partial charge in [-0.05, 0) is 127 Å². The molecular formula is C72H92F12N2O10P2. The average Bonchev–Trinajstić information content (AvgIpc) is 0.802. The molecule has 3 aliphatic rings. The van der Waals surface area contributed by atoms with Gasteiger partial charge in [0.15, 0.2) is 37.9 Å². The van der Waals surface area contributed by atoms with Crippen molar-refractivity contribution < 1.29 is 107 Å². The van der Waals surface area contributed by atoms with Gasteiger partial charge >= 0.3 is 66.0 Å². The molecule has 0 N–H and O–H groups in total. The standard InChI is InChI=1S/C40H54N2.C32H38O10.2F6P/c1-37(2,3)33-21-29(22-34(25-33)38(4,5)6)27-41-17-13-31(14-18-41)32-15-19-42(20-16-32)28-30-23-35(39(7,8)9)26-36(24-30)40(10,11)12;1-2-4-6-38-26-28-21-31-24-32(22-28)42-18-14-36-10-8-34-12-16-40-30-20-27(25-37-5-3-1)19-29(23-30)39-15-11-33-7-9-35-13-17-41-31;2*1-7(2,3,4,5)6/h13-26H,27-28H2,1-12H3;19-24H,5-18,25-26H2;;/q+2;;2*-1. The summed E-state index contributed by atoms with van der Waals surface area (Å²) >= 11 is 0. The van der Waals surface area contributed by atoms with Gasteiger partial charge in [-0.25, -0.2) is 9.13 Å². The number of fused-ring (bicyclic) bond motifs is 25. The molecule has 0 aliphatic carbocycles. The van der Waals surface area contributed by atoms with E-state index >= 15 is 0 Å². The third-order valence-corrected chi connectivity index (χ3v) is 14.0. The molecule has 0 spiro atoms. The van der Waals surface area contributed by atoms with E-state index in [9.17, 15) is 50.4 Å². The Balaban J connectivity index is 0.000000296. The Labute approximate surface area is 568 Å². The number of aromatic nitrogens is 2. The zero-order valence-corrected chi connectivity index (χ0v) is 59.5. The zero-order chi connectivity index (χ0) is 72.8. The van der Waals surface area contributed by atoms with Gasteiger partial charge in [0.2, 0.25) is 0 Å². The molecule has 2 aromatic heterocycles. The fourth-order valence-electron chi connectivity index (χ4n) is 9.11. The number of halogens is 12. The topological polar surface area (TPSA) is 100 Å². The van der Waals surface area contributed by atoms with E-state index in [-0.39, 0.29) is 34.9 Å². The number of pyridine rings is 2. The van der Waals surface area contributed by atoms with Gasteiger partial charge in [0, 0.05) is 47.5 Å². The van der Waals surface area contributed by atoms with Crippen molar-refractivity contribution >= 4 is 15.6 Å². The molecule has 98 heavy (non-hydrogen) atoms. The van der Waals surface area contributed by atoms with Gasteiger partial charge in [-0.15, -0.1) is 0 Å². The Bertz CT molecular complexity index is 3280. The number of benzene rings is 4. The first-order chi connectivity index (χ1) is 45.0. The second-order valence-electron chi connectivity index (χ2n) is 27.3. The SMILES string of the molecule is C1#CCOCc2cc3cc(c2)OCCOCCOCCOc2cc(cc(c2)OCCOCCOCCO3)COCC#C1.CC(C)(C)c1cc(C[n+]2ccc(-c3cc[n+](Cc4cc(C(C)(C)C)cc(C(C)(C)C)c4)cc3)cc2)cc(C(C)(C)C)c1.F[P-](F)(F)(F)(F)F.F[P-](F)(F)(F)(F)F. The molecule has 9 rings (SSSR count). The van der Waals surface area contributed by atoms with Crippen LogP contribution in [0.15, 0.2) is 122 Å². The predicted octanol–water partition coefficient (Wildman–Crippen LogP) is 19.0. The van der Waals surface area contributed by atoms with Crippen LogP contribution in [0.25, 0.3) is 11.1 Å². The normalized spacial score (nSPS) is 16.8. The fraction of sp³-hybridized carbons (Fsp3) is 0.472. The summed E-state index contributed by atoms with van der Waals surface area (Å²) in [6.07, 6.45) is 8.84. The van der Waals surface area contributed by atoms with Gasteiger partial charge in [-0.1, -0.05) is 107 Å². The van der Waals surface area contributed by atoms with Crippen LogP contribution in [0.3, 0.4) is 0 Å². The maximum atomic E-state index is 9.87. The number of rotatable bonds is 5. The van der Waals surface area contributed by atoms with Crippen LogP contribution in [0.4, 0.5) is 50.4 Å². The Morgan fingerprint density at radius 2 is 0.561 bits per heavy atom. The van der Waals surface area contributed by atoms with Crippen LogP contribution >= 0.6 is 15.6 Å². The summed E-state index contributed by atoms with van der Waals surface area (Å²) in [6, 6.07) is 34.6. The van der Waals surface area contributed by atoms with E-state index in [1.807, 2.05) is 36.4 Å². The van der Waals surface area contributed by atoms with Crippen LogP contribution in [-0.4, -0.2) is 92.5 Å². The summed E-state index contributed by atoms with van der Waals surface area (Å²) in [5.41, 5.74) is 13.1. The predicted molar refractivity (Wildman–Crippen MR) is 358 cm³/mol. The van der Waals surface area contributed by atoms with Gasteiger partial charge < -0.3 is 47.4 Å². The molecule has 0 saturated carbocycles. The van der Waals surface area contributed by atoms with E-state index in [1.165, 1.54) is 44.5 Å². The van der Waals surface area contributed by atoms with Crippen LogP contribution < -0.4 is 28.1 Å². The summed E-state index contributed by atoms with van der Waals surface area (Å²) in [6.45, 7) is 35.5. The molecule has 0 radical (unpaired) electrons. The molecule has 0 atom stereocenters. The summed E-state index contributed by atoms with van der Waals surface area (Å²) in [7, 11) is -21.3. The van der Waals surface area contributed by atoms with Crippen molar-refractivity contribution in [1.29, 1.82) is 0 Å². The van der Waals surface area contributed by atoms with Gasteiger partial charge in [0.05, 0.1) is 66.1 Å². The Morgan fingerprint density at radius 1 is 0.327 bits per heavy atom. The van der Waals surface area contributed by atoms with E-state index < -0.39 is 15.6 Å². The number of hydrogen-bond acceptors (Lipinski definition) is 10. The fourth-order valence-corrected chi connectivity index (χ4v) is 9.11. The minimum absolute atomic E-state index is 0.124. The summed E-state index contributed by atoms with van der Waals surface area (Å²) in [4.78, 5) is 0. The van der Waals surface area contributed by atoms with Crippen LogP contribution in [-0.2, 0) is 76.4 Å². The van der Waals surface area contributed by atoms with E-state index in [2.05, 4.69) is 201 Å². The van der Waals surface area contributed by atoms with Crippen molar-refractivity contribution in [3.63, 3.8) is 0 Å². The monoisotopic (exact) mass is 1430 g/mol. The van der Waals surface area contributed by atoms with Crippen molar-refractivity contribution in [2.75, 3.05) is 92.5 Å². The third kappa shape index (κ3) is 37.5. The van der Waals surface area contributed by atoms with E-state index in [1.54, 1.807) is 0 Å². The second kappa shape index (κ2) is 33.2. The maximum absolute atomic E-state index is 10.7. The molecule has 26 heteroatoms. The molecule has 0 saturated heterocycles. The van der Waals surface area contributed by atoms with Crippen molar-refractivity contribution in [2.45, 2.75) is 131 Å². The van der Waals surface area contributed by atoms with Crippen molar-refractivity contribution in [1.82, 2.24) is 0 Å². The molecule has 12 nitrogen and oxygen atoms in total. The van der Waals surface area contributed by atoms with E-state index in [0.29, 0.717) is 115 Å². The van der Waals surface area contributed by atoms with Crippen molar-refractivity contribution in [3.8, 4) is 57.8 Å². The molecule has 0 amide bonds. The van der Waals surface area contributed by atoms with Crippen molar-refractivity contribution in [2.24, 2.45) is 0 Å². The average molecular weight is 1440 g/mol. The molecule has 3 aliphatic heterocycles. The second-order valence-corrected chi connectivity index (χ2v) is 31.2. The summed E-state index contributed by atoms with van der Waals surface area (Å²) in [5.74, 6) is 14.0. The van der Waals surface area contributed by atoms with Crippen LogP contribution in [0.2, 0.25) is 0 Å². The summed E-state index contributed by atoms with van der Waals surface area (Å²) < 4.78 is 181. The van der Waals surface area contributed by atoms with Crippen LogP contribution in [0, 0.1) is 23.7 Å². The molecule has 6 bridgehead atoms. The molecule has 544 valence electrons. The molecule has 5 heterocycles. The van der Waals surface area contributed by atoms with Gasteiger partial charge in [-0.3, -0.25) is 0 Å². The van der Waals surface area contributed by atoms with Gasteiger partial charge in [-0.2, -0.15) is 0 Å². The zero-order valence-electron chi connectivity index (χ0n) is 57.7. The first-order valence-corrected chi connectivity index (χ1v) is 35.7. The molecule has 0 fully saturated rings. The molecule has 4 aromatic carbocycles. The summed E-state index contributed by atoms with van der Waals surface area (Å²) in [5, 5.41) is 0. The first-order valence-electron chi connectivity index (χ1n) is 31.7. The van der Waals surface area contributed by atoms with E-state index in [0.717, 1.165) is 24.2 Å². The Morgan fingerprint density at radius 3 is 0.796 bits per heavy atom. The van der Waals surface area contributed by atoms with Crippen LogP contribution in [0.1, 0.15) is 128 Å². The third-order valence-electron chi connectivity index (χ3n) is 14.0. The Kier molecular flexibility index (Phi) is 27.7. The first kappa shape index (κ1) is 82.0. The van der Waals surface area contributed by atoms with Crippen molar-refractivity contribution in [3.05, 3.63) is 166 Å². The van der Waals surface area contributed by atoms with Crippen LogP contribution in [0.5, 0.6) is 23.0 Å². The van der Waals surface area contributed by atoms with E-state index in [4.69, 9.17) is 47.4 Å². The molecular weight excluding hydrogens is 1340 g/mol. The quantitative estimate of drug-likeness (QED) is 0.0545. The molecule has 0 unspecified atom stereocenters. The number of ether oxygens (including phenoxy) is 10. The van der Waals surface area contributed by atoms with Gasteiger partial charge in [0.1, 0.15) is 62.6 Å². The Hall–Kier alpha value is -6.72.